The maximum Gasteiger partial charge on any atom is 0.197 e. The minimum atomic E-state index is -0.666. The lowest BCUT2D eigenvalue weighted by Gasteiger charge is -2.20. The summed E-state index contributed by atoms with van der Waals surface area (Å²) in [5.74, 6) is -0.783. The van der Waals surface area contributed by atoms with Crippen LogP contribution in [0.15, 0.2) is 47.6 Å². The number of hydrogen-bond donors (Lipinski definition) is 0. The fraction of sp³-hybridized carbons (Fsp3) is 0.333. The van der Waals surface area contributed by atoms with Crippen molar-refractivity contribution in [2.45, 2.75) is 34.0 Å². The van der Waals surface area contributed by atoms with E-state index in [2.05, 4.69) is 5.16 Å². The SMILES string of the molecule is CCOC(OCC)c1ccccc1C(=O)c1ccc(F)cc1ON=C(C)C. The third-order valence-corrected chi connectivity index (χ3v) is 3.61. The van der Waals surface area contributed by atoms with Gasteiger partial charge in [-0.05, 0) is 39.8 Å². The van der Waals surface area contributed by atoms with Gasteiger partial charge in [0.25, 0.3) is 0 Å². The number of carbonyl (C=O) groups is 1. The van der Waals surface area contributed by atoms with Gasteiger partial charge in [-0.2, -0.15) is 0 Å². The van der Waals surface area contributed by atoms with Gasteiger partial charge < -0.3 is 14.3 Å². The molecule has 5 nitrogen and oxygen atoms in total. The van der Waals surface area contributed by atoms with E-state index in [1.54, 1.807) is 32.0 Å². The van der Waals surface area contributed by atoms with Crippen LogP contribution >= 0.6 is 0 Å². The second kappa shape index (κ2) is 9.94. The summed E-state index contributed by atoms with van der Waals surface area (Å²) in [6, 6.07) is 10.8. The molecule has 0 fully saturated rings. The van der Waals surface area contributed by atoms with Crippen LogP contribution in [-0.2, 0) is 9.47 Å². The highest BCUT2D eigenvalue weighted by Crippen LogP contribution is 2.29. The van der Waals surface area contributed by atoms with Crippen molar-refractivity contribution in [3.63, 3.8) is 0 Å². The molecule has 0 saturated heterocycles. The van der Waals surface area contributed by atoms with E-state index >= 15 is 0 Å². The van der Waals surface area contributed by atoms with Crippen LogP contribution in [0.2, 0.25) is 0 Å². The number of oxime groups is 1. The van der Waals surface area contributed by atoms with Gasteiger partial charge in [0.1, 0.15) is 5.82 Å². The first-order valence-corrected chi connectivity index (χ1v) is 8.82. The van der Waals surface area contributed by atoms with Gasteiger partial charge >= 0.3 is 0 Å². The summed E-state index contributed by atoms with van der Waals surface area (Å²) in [4.78, 5) is 18.5. The maximum atomic E-state index is 13.7. The average Bonchev–Trinajstić information content (AvgIpc) is 2.66. The Morgan fingerprint density at radius 1 is 1.04 bits per heavy atom. The fourth-order valence-corrected chi connectivity index (χ4v) is 2.48. The zero-order valence-corrected chi connectivity index (χ0v) is 16.0. The lowest BCUT2D eigenvalue weighted by molar-refractivity contribution is -0.140. The van der Waals surface area contributed by atoms with Gasteiger partial charge in [-0.3, -0.25) is 4.79 Å². The van der Waals surface area contributed by atoms with Gasteiger partial charge in [0.05, 0.1) is 11.3 Å². The molecule has 27 heavy (non-hydrogen) atoms. The van der Waals surface area contributed by atoms with Crippen LogP contribution in [0.4, 0.5) is 4.39 Å². The Morgan fingerprint density at radius 3 is 2.33 bits per heavy atom. The number of carbonyl (C=O) groups excluding carboxylic acids is 1. The first-order valence-electron chi connectivity index (χ1n) is 8.82. The van der Waals surface area contributed by atoms with Crippen LogP contribution in [0, 0.1) is 5.82 Å². The van der Waals surface area contributed by atoms with E-state index in [1.807, 2.05) is 19.9 Å². The van der Waals surface area contributed by atoms with Crippen molar-refractivity contribution in [1.29, 1.82) is 0 Å². The second-order valence-corrected chi connectivity index (χ2v) is 5.93. The summed E-state index contributed by atoms with van der Waals surface area (Å²) < 4.78 is 24.9. The summed E-state index contributed by atoms with van der Waals surface area (Å²) in [5, 5.41) is 3.84. The maximum absolute atomic E-state index is 13.7. The monoisotopic (exact) mass is 373 g/mol. The van der Waals surface area contributed by atoms with Crippen LogP contribution in [0.1, 0.15) is 55.5 Å². The van der Waals surface area contributed by atoms with Crippen molar-refractivity contribution >= 4 is 11.5 Å². The number of rotatable bonds is 9. The van der Waals surface area contributed by atoms with Crippen LogP contribution in [-0.4, -0.2) is 24.7 Å². The highest BCUT2D eigenvalue weighted by atomic mass is 19.1. The van der Waals surface area contributed by atoms with E-state index in [4.69, 9.17) is 14.3 Å². The summed E-state index contributed by atoms with van der Waals surface area (Å²) in [5.41, 5.74) is 1.86. The Hall–Kier alpha value is -2.57. The van der Waals surface area contributed by atoms with E-state index < -0.39 is 12.1 Å². The average molecular weight is 373 g/mol. The summed E-state index contributed by atoms with van der Waals surface area (Å²) in [6.45, 7) is 8.06. The smallest absolute Gasteiger partial charge is 0.197 e. The molecule has 0 aliphatic rings. The molecule has 0 unspecified atom stereocenters. The summed E-state index contributed by atoms with van der Waals surface area (Å²) in [6.07, 6.45) is -0.666. The third kappa shape index (κ3) is 5.45. The molecule has 0 aliphatic carbocycles. The normalized spacial score (nSPS) is 10.7. The van der Waals surface area contributed by atoms with E-state index in [0.29, 0.717) is 30.1 Å². The second-order valence-electron chi connectivity index (χ2n) is 5.93. The Kier molecular flexibility index (Phi) is 7.64. The van der Waals surface area contributed by atoms with Crippen LogP contribution in [0.5, 0.6) is 5.75 Å². The zero-order valence-electron chi connectivity index (χ0n) is 16.0. The van der Waals surface area contributed by atoms with Gasteiger partial charge in [-0.1, -0.05) is 29.4 Å². The lowest BCUT2D eigenvalue weighted by atomic mass is 9.97. The van der Waals surface area contributed by atoms with E-state index in [0.717, 1.165) is 6.07 Å². The summed E-state index contributed by atoms with van der Waals surface area (Å²) >= 11 is 0. The lowest BCUT2D eigenvalue weighted by Crippen LogP contribution is -2.15. The minimum absolute atomic E-state index is 0.0559. The molecule has 0 aliphatic heterocycles. The third-order valence-electron chi connectivity index (χ3n) is 3.61. The molecule has 0 radical (unpaired) electrons. The molecule has 0 N–H and O–H groups in total. The molecular weight excluding hydrogens is 349 g/mol. The summed E-state index contributed by atoms with van der Waals surface area (Å²) in [7, 11) is 0. The van der Waals surface area contributed by atoms with E-state index in [-0.39, 0.29) is 17.1 Å². The molecule has 0 saturated carbocycles. The molecule has 6 heteroatoms. The first-order chi connectivity index (χ1) is 13.0. The highest BCUT2D eigenvalue weighted by Gasteiger charge is 2.23. The van der Waals surface area contributed by atoms with Gasteiger partial charge in [0.2, 0.25) is 0 Å². The predicted molar refractivity (Wildman–Crippen MR) is 102 cm³/mol. The molecule has 0 amide bonds. The number of halogens is 1. The number of hydrogen-bond acceptors (Lipinski definition) is 5. The molecule has 0 aromatic heterocycles. The highest BCUT2D eigenvalue weighted by molar-refractivity contribution is 6.11. The van der Waals surface area contributed by atoms with Gasteiger partial charge in [0, 0.05) is 30.4 Å². The largest absolute Gasteiger partial charge is 0.356 e. The molecule has 2 aromatic rings. The Morgan fingerprint density at radius 2 is 1.70 bits per heavy atom. The Bertz CT molecular complexity index is 810. The molecule has 144 valence electrons. The fourth-order valence-electron chi connectivity index (χ4n) is 2.48. The van der Waals surface area contributed by atoms with Gasteiger partial charge in [0.15, 0.2) is 17.8 Å². The molecule has 0 heterocycles. The number of nitrogens with zero attached hydrogens (tertiary/aromatic N) is 1. The van der Waals surface area contributed by atoms with Crippen molar-refractivity contribution in [3.05, 3.63) is 65.0 Å². The Balaban J connectivity index is 2.48. The molecule has 0 atom stereocenters. The minimum Gasteiger partial charge on any atom is -0.356 e. The van der Waals surface area contributed by atoms with Crippen LogP contribution < -0.4 is 4.84 Å². The molecule has 2 aromatic carbocycles. The Labute approximate surface area is 158 Å². The van der Waals surface area contributed by atoms with Crippen LogP contribution in [0.25, 0.3) is 0 Å². The number of benzene rings is 2. The van der Waals surface area contributed by atoms with E-state index in [1.165, 1.54) is 12.1 Å². The molecular formula is C21H24FNO4. The topological polar surface area (TPSA) is 57.1 Å². The quantitative estimate of drug-likeness (QED) is 0.271. The number of ketones is 1. The van der Waals surface area contributed by atoms with Crippen molar-refractivity contribution in [1.82, 2.24) is 0 Å². The van der Waals surface area contributed by atoms with Crippen LogP contribution in [0.3, 0.4) is 0 Å². The van der Waals surface area contributed by atoms with Gasteiger partial charge in [-0.25, -0.2) is 4.39 Å². The molecule has 2 rings (SSSR count). The van der Waals surface area contributed by atoms with Gasteiger partial charge in [-0.15, -0.1) is 0 Å². The molecule has 0 bridgehead atoms. The van der Waals surface area contributed by atoms with Crippen molar-refractivity contribution in [2.24, 2.45) is 5.16 Å². The number of ether oxygens (including phenoxy) is 2. The zero-order chi connectivity index (χ0) is 19.8. The predicted octanol–water partition coefficient (Wildman–Crippen LogP) is 4.90. The first kappa shape index (κ1) is 20.7. The van der Waals surface area contributed by atoms with Crippen molar-refractivity contribution < 1.29 is 23.5 Å². The van der Waals surface area contributed by atoms with Crippen molar-refractivity contribution in [3.8, 4) is 5.75 Å². The van der Waals surface area contributed by atoms with Crippen molar-refractivity contribution in [2.75, 3.05) is 13.2 Å². The standard InChI is InChI=1S/C21H24FNO4/c1-5-25-21(26-6-2)17-10-8-7-9-16(17)20(24)18-12-11-15(22)13-19(18)27-23-14(3)4/h7-13,21H,5-6H2,1-4H3. The molecule has 0 spiro atoms. The van der Waals surface area contributed by atoms with E-state index in [9.17, 15) is 9.18 Å².